The lowest BCUT2D eigenvalue weighted by Crippen LogP contribution is -2.28. The molecule has 0 saturated heterocycles. The van der Waals surface area contributed by atoms with E-state index in [2.05, 4.69) is 0 Å². The van der Waals surface area contributed by atoms with E-state index in [4.69, 9.17) is 0 Å². The maximum atomic E-state index is 12.0. The van der Waals surface area contributed by atoms with Crippen LogP contribution in [0, 0.1) is 0 Å². The Kier molecular flexibility index (Phi) is 13.3. The minimum Gasteiger partial charge on any atom is -0.748 e. The van der Waals surface area contributed by atoms with E-state index in [1.54, 1.807) is 12.1 Å². The molecule has 0 spiro atoms. The highest BCUT2D eigenvalue weighted by atomic mass is 32.2. The SMILES string of the molecule is CCC(C=C/C=C1/N(CCCCS(=O)(=O)[O-])c2ccc(S(=O)(=O)O)cc2C1(C)C)=CC=CC1=[N+](CCCCS(=O)(=O)O)c2ccc(S(=O)(=O)O)cc2C1(C)C. The molecule has 18 heteroatoms. The Bertz CT molecular complexity index is 2420. The van der Waals surface area contributed by atoms with Gasteiger partial charge in [0.1, 0.15) is 6.54 Å². The number of nitrogens with zero attached hydrogens (tertiary/aromatic N) is 2. The molecule has 14 nitrogen and oxygen atoms in total. The molecule has 2 heterocycles. The van der Waals surface area contributed by atoms with Gasteiger partial charge in [-0.1, -0.05) is 45.1 Å². The number of unbranched alkanes of at least 4 members (excludes halogenated alkanes) is 2. The summed E-state index contributed by atoms with van der Waals surface area (Å²) >= 11 is 0. The molecular weight excluding hydrogens is 793 g/mol. The zero-order valence-corrected chi connectivity index (χ0v) is 34.6. The van der Waals surface area contributed by atoms with Crippen LogP contribution in [0.15, 0.2) is 93.9 Å². The summed E-state index contributed by atoms with van der Waals surface area (Å²) < 4.78 is 135. The second-order valence-electron chi connectivity index (χ2n) is 14.6. The lowest BCUT2D eigenvalue weighted by molar-refractivity contribution is -0.438. The first-order valence-electron chi connectivity index (χ1n) is 17.6. The maximum absolute atomic E-state index is 12.0. The topological polar surface area (TPSA) is 227 Å². The van der Waals surface area contributed by atoms with E-state index < -0.39 is 62.8 Å². The van der Waals surface area contributed by atoms with Crippen LogP contribution in [0.4, 0.5) is 11.4 Å². The van der Waals surface area contributed by atoms with Gasteiger partial charge in [-0.25, -0.2) is 8.42 Å². The molecule has 0 fully saturated rings. The van der Waals surface area contributed by atoms with Crippen molar-refractivity contribution in [2.24, 2.45) is 0 Å². The number of benzene rings is 2. The monoisotopic (exact) mass is 840 g/mol. The van der Waals surface area contributed by atoms with Crippen molar-refractivity contribution < 1.29 is 56.5 Å². The van der Waals surface area contributed by atoms with Crippen molar-refractivity contribution in [1.29, 1.82) is 0 Å². The second-order valence-corrected chi connectivity index (χ2v) is 20.5. The fourth-order valence-electron chi connectivity index (χ4n) is 7.03. The van der Waals surface area contributed by atoms with Crippen LogP contribution in [0.3, 0.4) is 0 Å². The van der Waals surface area contributed by atoms with E-state index in [1.807, 2.05) is 80.6 Å². The van der Waals surface area contributed by atoms with Gasteiger partial charge in [0, 0.05) is 53.2 Å². The molecule has 0 unspecified atom stereocenters. The molecule has 0 aliphatic carbocycles. The third-order valence-corrected chi connectivity index (χ3v) is 13.2. The predicted octanol–water partition coefficient (Wildman–Crippen LogP) is 5.68. The van der Waals surface area contributed by atoms with E-state index in [-0.39, 0.29) is 22.6 Å². The molecule has 2 aromatic carbocycles. The Hall–Kier alpha value is -3.49. The minimum absolute atomic E-state index is 0.143. The van der Waals surface area contributed by atoms with Crippen molar-refractivity contribution in [3.63, 3.8) is 0 Å². The summed E-state index contributed by atoms with van der Waals surface area (Å²) in [6.07, 6.45) is 13.1. The summed E-state index contributed by atoms with van der Waals surface area (Å²) in [6, 6.07) is 8.68. The van der Waals surface area contributed by atoms with E-state index in [9.17, 15) is 51.9 Å². The zero-order chi connectivity index (χ0) is 41.2. The molecule has 0 saturated carbocycles. The number of hydrogen-bond donors (Lipinski definition) is 3. The number of allylic oxidation sites excluding steroid dienone is 8. The smallest absolute Gasteiger partial charge is 0.294 e. The number of fused-ring (bicyclic) bond motifs is 2. The first-order valence-corrected chi connectivity index (χ1v) is 23.7. The first kappa shape index (κ1) is 44.2. The summed E-state index contributed by atoms with van der Waals surface area (Å²) in [5, 5.41) is 0. The third kappa shape index (κ3) is 10.9. The minimum atomic E-state index is -4.48. The molecule has 2 aromatic rings. The van der Waals surface area contributed by atoms with Crippen LogP contribution in [0.5, 0.6) is 0 Å². The van der Waals surface area contributed by atoms with Crippen molar-refractivity contribution in [3.8, 4) is 0 Å². The molecule has 3 N–H and O–H groups in total. The Morgan fingerprint density at radius 3 is 1.96 bits per heavy atom. The lowest BCUT2D eigenvalue weighted by atomic mass is 9.81. The molecule has 0 amide bonds. The van der Waals surface area contributed by atoms with Gasteiger partial charge in [0.2, 0.25) is 5.69 Å². The Morgan fingerprint density at radius 1 is 0.782 bits per heavy atom. The van der Waals surface area contributed by atoms with Crippen LogP contribution in [0.2, 0.25) is 0 Å². The van der Waals surface area contributed by atoms with E-state index in [1.165, 1.54) is 24.3 Å². The molecule has 0 bridgehead atoms. The quantitative estimate of drug-likeness (QED) is 0.0755. The average molecular weight is 841 g/mol. The summed E-state index contributed by atoms with van der Waals surface area (Å²) in [5.74, 6) is -0.900. The summed E-state index contributed by atoms with van der Waals surface area (Å²) in [4.78, 5) is 1.46. The summed E-state index contributed by atoms with van der Waals surface area (Å²) in [5.41, 5.74) is 3.79. The molecule has 0 radical (unpaired) electrons. The largest absolute Gasteiger partial charge is 0.748 e. The Labute approximate surface area is 324 Å². The second kappa shape index (κ2) is 16.5. The number of hydrogen-bond acceptors (Lipinski definition) is 10. The highest BCUT2D eigenvalue weighted by Gasteiger charge is 2.45. The van der Waals surface area contributed by atoms with Crippen LogP contribution in [0.1, 0.15) is 77.8 Å². The van der Waals surface area contributed by atoms with Crippen LogP contribution < -0.4 is 4.90 Å². The van der Waals surface area contributed by atoms with E-state index >= 15 is 0 Å². The van der Waals surface area contributed by atoms with E-state index in [0.29, 0.717) is 54.9 Å². The highest BCUT2D eigenvalue weighted by molar-refractivity contribution is 7.86. The van der Waals surface area contributed by atoms with Crippen molar-refractivity contribution in [2.45, 2.75) is 87.3 Å². The zero-order valence-electron chi connectivity index (χ0n) is 31.3. The summed E-state index contributed by atoms with van der Waals surface area (Å²) in [7, 11) is -17.5. The van der Waals surface area contributed by atoms with Crippen LogP contribution in [0.25, 0.3) is 0 Å². The molecule has 0 atom stereocenters. The van der Waals surface area contributed by atoms with Gasteiger partial charge < -0.3 is 9.45 Å². The van der Waals surface area contributed by atoms with Gasteiger partial charge in [0.05, 0.1) is 31.1 Å². The molecule has 2 aliphatic rings. The highest BCUT2D eigenvalue weighted by Crippen LogP contribution is 2.48. The third-order valence-electron chi connectivity index (χ3n) is 9.92. The van der Waals surface area contributed by atoms with Gasteiger partial charge >= 0.3 is 0 Å². The molecule has 55 heavy (non-hydrogen) atoms. The van der Waals surface area contributed by atoms with Gasteiger partial charge in [-0.3, -0.25) is 13.7 Å². The van der Waals surface area contributed by atoms with Crippen LogP contribution >= 0.6 is 0 Å². The first-order chi connectivity index (χ1) is 25.3. The Morgan fingerprint density at radius 2 is 1.38 bits per heavy atom. The lowest BCUT2D eigenvalue weighted by Gasteiger charge is -2.27. The van der Waals surface area contributed by atoms with Crippen molar-refractivity contribution in [2.75, 3.05) is 29.5 Å². The molecule has 2 aliphatic heterocycles. The van der Waals surface area contributed by atoms with Gasteiger partial charge in [0.15, 0.2) is 5.71 Å². The predicted molar refractivity (Wildman–Crippen MR) is 210 cm³/mol. The van der Waals surface area contributed by atoms with Gasteiger partial charge in [-0.2, -0.15) is 29.8 Å². The van der Waals surface area contributed by atoms with Crippen molar-refractivity contribution in [1.82, 2.24) is 0 Å². The maximum Gasteiger partial charge on any atom is 0.294 e. The van der Waals surface area contributed by atoms with Gasteiger partial charge in [-0.15, -0.1) is 0 Å². The summed E-state index contributed by atoms with van der Waals surface area (Å²) in [6.45, 7) is 10.4. The normalized spacial score (nSPS) is 18.2. The van der Waals surface area contributed by atoms with Crippen LogP contribution in [-0.2, 0) is 51.3 Å². The van der Waals surface area contributed by atoms with Crippen molar-refractivity contribution >= 4 is 57.6 Å². The van der Waals surface area contributed by atoms with Gasteiger partial charge in [-0.05, 0) is 87.1 Å². The number of anilines is 1. The standard InChI is InChI=1S/C37H48N2O12S4/c1-6-27(13-11-15-34-36(2,3)30-25-28(54(46,47)48)17-19-32(30)38(34)21-7-9-23-52(40,41)42)14-12-16-35-37(4,5)31-26-29(55(49,50)51)18-20-33(31)39(35)22-8-10-24-53(43,44)45/h11-20,25-26H,6-10,21-24H2,1-5H3,(H3-,40,41,42,43,44,45,46,47,48,49,50,51). The Balaban J connectivity index is 1.67. The number of rotatable bonds is 17. The average Bonchev–Trinajstić information content (AvgIpc) is 3.40. The fourth-order valence-corrected chi connectivity index (χ4v) is 9.17. The molecule has 4 rings (SSSR count). The molecule has 0 aromatic heterocycles. The van der Waals surface area contributed by atoms with E-state index in [0.717, 1.165) is 17.0 Å². The van der Waals surface area contributed by atoms with Gasteiger partial charge in [0.25, 0.3) is 30.4 Å². The fraction of sp³-hybridized carbons (Fsp3) is 0.432. The molecule has 302 valence electrons. The van der Waals surface area contributed by atoms with Crippen LogP contribution in [-0.4, -0.2) is 86.8 Å². The van der Waals surface area contributed by atoms with Crippen molar-refractivity contribution in [3.05, 3.63) is 95.3 Å². The molecular formula is C37H48N2O12S4.